The lowest BCUT2D eigenvalue weighted by atomic mass is 9.95. The van der Waals surface area contributed by atoms with Gasteiger partial charge in [-0.1, -0.05) is 0 Å². The fraction of sp³-hybridized carbons (Fsp3) is 0.714. The van der Waals surface area contributed by atoms with Crippen LogP contribution >= 0.6 is 0 Å². The first-order valence-electron chi connectivity index (χ1n) is 7.06. The fourth-order valence-electron chi connectivity index (χ4n) is 2.97. The van der Waals surface area contributed by atoms with E-state index in [1.807, 2.05) is 23.6 Å². The third-order valence-corrected chi connectivity index (χ3v) is 3.99. The van der Waals surface area contributed by atoms with Gasteiger partial charge in [0.25, 0.3) is 0 Å². The van der Waals surface area contributed by atoms with Crippen LogP contribution < -0.4 is 0 Å². The molecule has 2 bridgehead atoms. The highest BCUT2D eigenvalue weighted by Gasteiger charge is 2.50. The Morgan fingerprint density at radius 2 is 1.30 bits per heavy atom. The molecule has 0 aromatic heterocycles. The van der Waals surface area contributed by atoms with Gasteiger partial charge in [0.15, 0.2) is 12.1 Å². The van der Waals surface area contributed by atoms with Crippen LogP contribution in [0.1, 0.15) is 27.7 Å². The van der Waals surface area contributed by atoms with Crippen molar-refractivity contribution in [3.05, 3.63) is 11.4 Å². The van der Waals surface area contributed by atoms with Gasteiger partial charge < -0.3 is 19.3 Å². The minimum Gasteiger partial charge on any atom is -0.464 e. The molecule has 6 nitrogen and oxygen atoms in total. The first kappa shape index (κ1) is 14.7. The number of allylic oxidation sites excluding steroid dienone is 2. The minimum absolute atomic E-state index is 0.306. The van der Waals surface area contributed by atoms with Gasteiger partial charge in [0.2, 0.25) is 0 Å². The van der Waals surface area contributed by atoms with Crippen molar-refractivity contribution in [2.45, 2.75) is 39.8 Å². The van der Waals surface area contributed by atoms with Crippen molar-refractivity contribution in [3.63, 3.8) is 0 Å². The number of fused-ring (bicyclic) bond motifs is 2. The molecule has 3 heterocycles. The Hall–Kier alpha value is -1.72. The van der Waals surface area contributed by atoms with Crippen LogP contribution in [0.2, 0.25) is 0 Å². The zero-order chi connectivity index (χ0) is 14.9. The maximum absolute atomic E-state index is 12.2. The van der Waals surface area contributed by atoms with E-state index in [1.54, 1.807) is 13.8 Å². The average molecular weight is 282 g/mol. The fourth-order valence-corrected chi connectivity index (χ4v) is 2.97. The number of carbonyl (C=O) groups excluding carboxylic acids is 2. The first-order chi connectivity index (χ1) is 9.52. The van der Waals surface area contributed by atoms with Crippen LogP contribution in [0.15, 0.2) is 11.4 Å². The number of hydrogen-bond donors (Lipinski definition) is 0. The molecular weight excluding hydrogens is 260 g/mol. The summed E-state index contributed by atoms with van der Waals surface area (Å²) in [5.41, 5.74) is 2.05. The van der Waals surface area contributed by atoms with E-state index in [-0.39, 0.29) is 11.9 Å². The quantitative estimate of drug-likeness (QED) is 0.709. The molecule has 0 amide bonds. The second-order valence-corrected chi connectivity index (χ2v) is 4.95. The van der Waals surface area contributed by atoms with Crippen molar-refractivity contribution in [1.29, 1.82) is 0 Å². The molecule has 0 saturated carbocycles. The number of ether oxygens (including phenoxy) is 2. The van der Waals surface area contributed by atoms with Gasteiger partial charge in [0, 0.05) is 24.5 Å². The van der Waals surface area contributed by atoms with Gasteiger partial charge in [-0.05, 0) is 27.7 Å². The predicted molar refractivity (Wildman–Crippen MR) is 72.6 cm³/mol. The zero-order valence-electron chi connectivity index (χ0n) is 12.5. The highest BCUT2D eigenvalue weighted by Crippen LogP contribution is 2.34. The lowest BCUT2D eigenvalue weighted by Crippen LogP contribution is -2.68. The van der Waals surface area contributed by atoms with E-state index in [1.165, 1.54) is 0 Å². The molecular formula is C14H22N2O4. The summed E-state index contributed by atoms with van der Waals surface area (Å²) in [5.74, 6) is -0.718. The summed E-state index contributed by atoms with van der Waals surface area (Å²) in [6.45, 7) is 9.53. The predicted octanol–water partition coefficient (Wildman–Crippen LogP) is 0.732. The summed E-state index contributed by atoms with van der Waals surface area (Å²) in [6.07, 6.45) is 0. The Balaban J connectivity index is 2.35. The molecule has 112 valence electrons. The second kappa shape index (κ2) is 5.73. The number of piperazine rings is 1. The van der Waals surface area contributed by atoms with E-state index in [9.17, 15) is 9.59 Å². The average Bonchev–Trinajstić information content (AvgIpc) is 2.43. The molecule has 0 aromatic carbocycles. The van der Waals surface area contributed by atoms with E-state index in [0.717, 1.165) is 24.5 Å². The van der Waals surface area contributed by atoms with E-state index in [2.05, 4.69) is 0 Å². The molecule has 20 heavy (non-hydrogen) atoms. The Labute approximate surface area is 119 Å². The lowest BCUT2D eigenvalue weighted by Gasteiger charge is -2.53. The maximum atomic E-state index is 12.2. The molecule has 2 atom stereocenters. The van der Waals surface area contributed by atoms with Gasteiger partial charge in [0.05, 0.1) is 13.2 Å². The Morgan fingerprint density at radius 1 is 0.950 bits per heavy atom. The van der Waals surface area contributed by atoms with E-state index >= 15 is 0 Å². The summed E-state index contributed by atoms with van der Waals surface area (Å²) in [5, 5.41) is 0. The number of esters is 2. The highest BCUT2D eigenvalue weighted by atomic mass is 16.5. The van der Waals surface area contributed by atoms with E-state index in [0.29, 0.717) is 13.2 Å². The molecule has 0 N–H and O–H groups in total. The summed E-state index contributed by atoms with van der Waals surface area (Å²) in [4.78, 5) is 28.4. The summed E-state index contributed by atoms with van der Waals surface area (Å²) >= 11 is 0. The van der Waals surface area contributed by atoms with Gasteiger partial charge >= 0.3 is 11.9 Å². The monoisotopic (exact) mass is 282 g/mol. The summed E-state index contributed by atoms with van der Waals surface area (Å²) in [6, 6.07) is -1.21. The van der Waals surface area contributed by atoms with Crippen molar-refractivity contribution in [1.82, 2.24) is 9.80 Å². The molecule has 0 radical (unpaired) electrons. The Bertz CT molecular complexity index is 406. The molecule has 3 aliphatic heterocycles. The highest BCUT2D eigenvalue weighted by molar-refractivity contribution is 5.88. The number of hydrogen-bond acceptors (Lipinski definition) is 6. The molecule has 0 aromatic rings. The van der Waals surface area contributed by atoms with Crippen LogP contribution in [0.5, 0.6) is 0 Å². The molecule has 0 spiro atoms. The largest absolute Gasteiger partial charge is 0.464 e. The third-order valence-electron chi connectivity index (χ3n) is 3.99. The van der Waals surface area contributed by atoms with Gasteiger partial charge in [-0.3, -0.25) is 0 Å². The molecule has 3 aliphatic rings. The van der Waals surface area contributed by atoms with Gasteiger partial charge in [-0.25, -0.2) is 9.59 Å². The van der Waals surface area contributed by atoms with Crippen LogP contribution in [0, 0.1) is 0 Å². The standard InChI is InChI=1S/C14H22N2O4/c1-5-19-13(17)11-12(14(18)20-6-2)16-8-7-15(11)9(3)10(16)4/h11-12H,5-8H2,1-4H3. The topological polar surface area (TPSA) is 59.1 Å². The van der Waals surface area contributed by atoms with Crippen LogP contribution in [-0.4, -0.2) is 60.1 Å². The molecule has 0 aliphatic carbocycles. The van der Waals surface area contributed by atoms with Crippen LogP contribution in [0.3, 0.4) is 0 Å². The van der Waals surface area contributed by atoms with E-state index < -0.39 is 12.1 Å². The van der Waals surface area contributed by atoms with Gasteiger partial charge in [0.1, 0.15) is 0 Å². The van der Waals surface area contributed by atoms with Crippen LogP contribution in [0.4, 0.5) is 0 Å². The Kier molecular flexibility index (Phi) is 4.20. The minimum atomic E-state index is -0.605. The van der Waals surface area contributed by atoms with Crippen molar-refractivity contribution in [2.24, 2.45) is 0 Å². The molecule has 2 unspecified atom stereocenters. The van der Waals surface area contributed by atoms with Gasteiger partial charge in [-0.2, -0.15) is 0 Å². The summed E-state index contributed by atoms with van der Waals surface area (Å²) < 4.78 is 10.3. The maximum Gasteiger partial charge on any atom is 0.331 e. The van der Waals surface area contributed by atoms with Crippen molar-refractivity contribution >= 4 is 11.9 Å². The first-order valence-corrected chi connectivity index (χ1v) is 7.06. The SMILES string of the molecule is CCOC(=O)C1C(C(=O)OCC)N2CCN1C(C)=C2C. The Morgan fingerprint density at radius 3 is 1.60 bits per heavy atom. The molecule has 6 heteroatoms. The normalized spacial score (nSPS) is 25.0. The molecule has 3 rings (SSSR count). The van der Waals surface area contributed by atoms with Crippen molar-refractivity contribution < 1.29 is 19.1 Å². The second-order valence-electron chi connectivity index (χ2n) is 4.95. The molecule has 1 fully saturated rings. The third kappa shape index (κ3) is 2.23. The van der Waals surface area contributed by atoms with Gasteiger partial charge in [-0.15, -0.1) is 0 Å². The van der Waals surface area contributed by atoms with Crippen LogP contribution in [0.25, 0.3) is 0 Å². The smallest absolute Gasteiger partial charge is 0.331 e. The molecule has 1 saturated heterocycles. The van der Waals surface area contributed by atoms with E-state index in [4.69, 9.17) is 9.47 Å². The lowest BCUT2D eigenvalue weighted by molar-refractivity contribution is -0.167. The number of nitrogens with zero attached hydrogens (tertiary/aromatic N) is 2. The number of carbonyl (C=O) groups is 2. The summed E-state index contributed by atoms with van der Waals surface area (Å²) in [7, 11) is 0. The number of rotatable bonds is 4. The van der Waals surface area contributed by atoms with Crippen molar-refractivity contribution in [3.8, 4) is 0 Å². The zero-order valence-corrected chi connectivity index (χ0v) is 12.5. The van der Waals surface area contributed by atoms with Crippen molar-refractivity contribution in [2.75, 3.05) is 26.3 Å². The van der Waals surface area contributed by atoms with Crippen LogP contribution in [-0.2, 0) is 19.1 Å².